The van der Waals surface area contributed by atoms with Gasteiger partial charge in [0.25, 0.3) is 0 Å². The van der Waals surface area contributed by atoms with Crippen LogP contribution in [0.15, 0.2) is 34.7 Å². The van der Waals surface area contributed by atoms with Crippen molar-refractivity contribution in [2.75, 3.05) is 26.7 Å². The van der Waals surface area contributed by atoms with Gasteiger partial charge in [0, 0.05) is 42.5 Å². The standard InChI is InChI=1S/C22H29ClN4O2/c1-26(18-3-2-6-27(13-18)20(28)22-9-14(10-22)11-22)21(29)24-12-17-8-15-7-16(23)4-5-19(15)25-17/h4-5,8,14-15,18,25H,2-3,6-7,9-13H2,1H3,(H,24,29)/t14?,15?,18-,22?/m1/s1. The fraction of sp³-hybridized carbons (Fsp3) is 0.636. The number of likely N-dealkylation sites (N-methyl/N-ethyl adjacent to an activating group) is 1. The highest BCUT2D eigenvalue weighted by molar-refractivity contribution is 6.29. The highest BCUT2D eigenvalue weighted by Gasteiger charge is 2.62. The molecule has 0 aromatic rings. The predicted octanol–water partition coefficient (Wildman–Crippen LogP) is 2.93. The zero-order valence-electron chi connectivity index (χ0n) is 16.9. The number of allylic oxidation sites excluding steroid dienone is 4. The van der Waals surface area contributed by atoms with Crippen molar-refractivity contribution < 1.29 is 9.59 Å². The third-order valence-electron chi connectivity index (χ3n) is 7.44. The molecule has 1 unspecified atom stereocenters. The van der Waals surface area contributed by atoms with Gasteiger partial charge in [0.05, 0.1) is 18.0 Å². The minimum Gasteiger partial charge on any atom is -0.361 e. The molecule has 6 rings (SSSR count). The second kappa shape index (κ2) is 7.08. The van der Waals surface area contributed by atoms with Crippen molar-refractivity contribution in [3.8, 4) is 0 Å². The van der Waals surface area contributed by atoms with Gasteiger partial charge in [-0.2, -0.15) is 0 Å². The maximum Gasteiger partial charge on any atom is 0.317 e. The first kappa shape index (κ1) is 19.0. The quantitative estimate of drug-likeness (QED) is 0.740. The fourth-order valence-electron chi connectivity index (χ4n) is 5.54. The summed E-state index contributed by atoms with van der Waals surface area (Å²) < 4.78 is 0. The Kier molecular flexibility index (Phi) is 4.65. The van der Waals surface area contributed by atoms with Gasteiger partial charge in [-0.3, -0.25) is 4.79 Å². The Balaban J connectivity index is 1.12. The summed E-state index contributed by atoms with van der Waals surface area (Å²) in [6.07, 6.45) is 12.1. The molecule has 2 bridgehead atoms. The van der Waals surface area contributed by atoms with Gasteiger partial charge in [-0.15, -0.1) is 0 Å². The maximum atomic E-state index is 12.9. The first-order valence-corrected chi connectivity index (χ1v) is 11.2. The molecule has 0 spiro atoms. The van der Waals surface area contributed by atoms with Gasteiger partial charge >= 0.3 is 6.03 Å². The number of hydrogen-bond acceptors (Lipinski definition) is 3. The maximum absolute atomic E-state index is 12.9. The number of nitrogens with zero attached hydrogens (tertiary/aromatic N) is 2. The Bertz CT molecular complexity index is 816. The van der Waals surface area contributed by atoms with Crippen LogP contribution in [0, 0.1) is 17.3 Å². The summed E-state index contributed by atoms with van der Waals surface area (Å²) in [7, 11) is 1.84. The topological polar surface area (TPSA) is 64.7 Å². The lowest BCUT2D eigenvalue weighted by Gasteiger charge is -2.61. The number of likely N-dealkylation sites (tertiary alicyclic amines) is 1. The first-order chi connectivity index (χ1) is 13.9. The number of fused-ring (bicyclic) bond motifs is 1. The van der Waals surface area contributed by atoms with Gasteiger partial charge in [-0.05, 0) is 56.6 Å². The van der Waals surface area contributed by atoms with Crippen LogP contribution in [0.25, 0.3) is 0 Å². The molecule has 6 aliphatic rings. The van der Waals surface area contributed by atoms with Crippen LogP contribution in [0.4, 0.5) is 4.79 Å². The summed E-state index contributed by atoms with van der Waals surface area (Å²) >= 11 is 6.12. The van der Waals surface area contributed by atoms with Gasteiger partial charge in [0.2, 0.25) is 5.91 Å². The van der Waals surface area contributed by atoms with Crippen LogP contribution < -0.4 is 10.6 Å². The van der Waals surface area contributed by atoms with Crippen molar-refractivity contribution in [3.63, 3.8) is 0 Å². The highest BCUT2D eigenvalue weighted by atomic mass is 35.5. The third kappa shape index (κ3) is 3.35. The number of rotatable bonds is 4. The van der Waals surface area contributed by atoms with Crippen molar-refractivity contribution in [1.82, 2.24) is 20.4 Å². The van der Waals surface area contributed by atoms with Crippen LogP contribution in [-0.4, -0.2) is 54.5 Å². The summed E-state index contributed by atoms with van der Waals surface area (Å²) in [6, 6.07) is -0.00335. The van der Waals surface area contributed by atoms with Crippen molar-refractivity contribution in [3.05, 3.63) is 34.7 Å². The Morgan fingerprint density at radius 2 is 2.14 bits per heavy atom. The molecule has 6 nitrogen and oxygen atoms in total. The molecule has 3 saturated carbocycles. The van der Waals surface area contributed by atoms with Crippen LogP contribution in [-0.2, 0) is 4.79 Å². The molecule has 0 aromatic heterocycles. The minimum absolute atomic E-state index is 0.0305. The molecule has 29 heavy (non-hydrogen) atoms. The van der Waals surface area contributed by atoms with E-state index in [9.17, 15) is 9.59 Å². The van der Waals surface area contributed by atoms with Crippen molar-refractivity contribution >= 4 is 23.5 Å². The van der Waals surface area contributed by atoms with Gasteiger partial charge in [-0.25, -0.2) is 4.79 Å². The van der Waals surface area contributed by atoms with Crippen molar-refractivity contribution in [2.24, 2.45) is 17.3 Å². The lowest BCUT2D eigenvalue weighted by Crippen LogP contribution is -2.63. The van der Waals surface area contributed by atoms with E-state index in [2.05, 4.69) is 16.7 Å². The highest BCUT2D eigenvalue weighted by Crippen LogP contribution is 2.65. The van der Waals surface area contributed by atoms with Gasteiger partial charge in [-0.1, -0.05) is 17.7 Å². The molecule has 4 aliphatic carbocycles. The normalized spacial score (nSPS) is 34.5. The summed E-state index contributed by atoms with van der Waals surface area (Å²) in [4.78, 5) is 29.4. The Labute approximate surface area is 177 Å². The number of carbonyl (C=O) groups is 2. The molecule has 7 heteroatoms. The van der Waals surface area contributed by atoms with E-state index in [-0.39, 0.29) is 23.4 Å². The Morgan fingerprint density at radius 1 is 1.34 bits per heavy atom. The molecule has 2 aliphatic heterocycles. The summed E-state index contributed by atoms with van der Waals surface area (Å²) in [6.45, 7) is 1.96. The smallest absolute Gasteiger partial charge is 0.317 e. The SMILES string of the molecule is CN(C(=O)NCC1=CC2CC(Cl)=CC=C2N1)[C@@H]1CCCN(C(=O)C23CC(C2)C3)C1. The van der Waals surface area contributed by atoms with Gasteiger partial charge in [0.15, 0.2) is 0 Å². The number of nitrogens with one attached hydrogen (secondary N) is 2. The summed E-state index contributed by atoms with van der Waals surface area (Å²) in [5, 5.41) is 7.26. The molecule has 0 radical (unpaired) electrons. The minimum atomic E-state index is -0.0856. The van der Waals surface area contributed by atoms with Crippen LogP contribution in [0.2, 0.25) is 0 Å². The van der Waals surface area contributed by atoms with Crippen LogP contribution in [0.1, 0.15) is 38.5 Å². The average molecular weight is 417 g/mol. The largest absolute Gasteiger partial charge is 0.361 e. The van der Waals surface area contributed by atoms with E-state index in [1.807, 2.05) is 24.1 Å². The van der Waals surface area contributed by atoms with Crippen molar-refractivity contribution in [2.45, 2.75) is 44.6 Å². The van der Waals surface area contributed by atoms with Crippen molar-refractivity contribution in [1.29, 1.82) is 0 Å². The molecular formula is C22H29ClN4O2. The second-order valence-electron chi connectivity index (χ2n) is 9.44. The molecule has 4 fully saturated rings. The zero-order chi connectivity index (χ0) is 20.2. The summed E-state index contributed by atoms with van der Waals surface area (Å²) in [5.74, 6) is 1.42. The molecule has 0 aromatic carbocycles. The molecular weight excluding hydrogens is 388 g/mol. The van der Waals surface area contributed by atoms with Crippen LogP contribution in [0.3, 0.4) is 0 Å². The lowest BCUT2D eigenvalue weighted by atomic mass is 9.44. The Hall–Kier alpha value is -1.95. The molecule has 2 atom stereocenters. The molecule has 156 valence electrons. The van der Waals surface area contributed by atoms with Crippen LogP contribution >= 0.6 is 11.6 Å². The van der Waals surface area contributed by atoms with E-state index in [1.54, 1.807) is 4.90 Å². The molecule has 1 saturated heterocycles. The van der Waals surface area contributed by atoms with Crippen LogP contribution in [0.5, 0.6) is 0 Å². The lowest BCUT2D eigenvalue weighted by molar-refractivity contribution is -0.178. The van der Waals surface area contributed by atoms with E-state index in [1.165, 1.54) is 0 Å². The molecule has 2 N–H and O–H groups in total. The monoisotopic (exact) mass is 416 g/mol. The second-order valence-corrected chi connectivity index (χ2v) is 9.92. The number of piperidine rings is 1. The van der Waals surface area contributed by atoms with E-state index in [0.717, 1.165) is 67.4 Å². The fourth-order valence-corrected chi connectivity index (χ4v) is 5.77. The number of urea groups is 1. The zero-order valence-corrected chi connectivity index (χ0v) is 17.7. The number of carbonyl (C=O) groups excluding carboxylic acids is 2. The molecule has 3 amide bonds. The summed E-state index contributed by atoms with van der Waals surface area (Å²) in [5.41, 5.74) is 2.12. The molecule has 2 heterocycles. The van der Waals surface area contributed by atoms with E-state index in [4.69, 9.17) is 11.6 Å². The van der Waals surface area contributed by atoms with Gasteiger partial charge < -0.3 is 20.4 Å². The average Bonchev–Trinajstić information content (AvgIpc) is 3.05. The third-order valence-corrected chi connectivity index (χ3v) is 7.72. The first-order valence-electron chi connectivity index (χ1n) is 10.8. The predicted molar refractivity (Wildman–Crippen MR) is 112 cm³/mol. The Morgan fingerprint density at radius 3 is 2.86 bits per heavy atom. The number of halogens is 1. The van der Waals surface area contributed by atoms with E-state index >= 15 is 0 Å². The van der Waals surface area contributed by atoms with E-state index in [0.29, 0.717) is 19.0 Å². The van der Waals surface area contributed by atoms with E-state index < -0.39 is 0 Å². The number of amides is 3. The number of hydrogen-bond donors (Lipinski definition) is 2. The van der Waals surface area contributed by atoms with Gasteiger partial charge in [0.1, 0.15) is 0 Å².